The van der Waals surface area contributed by atoms with Crippen LogP contribution >= 0.6 is 0 Å². The quantitative estimate of drug-likeness (QED) is 0.457. The zero-order valence-corrected chi connectivity index (χ0v) is 21.8. The molecule has 3 rings (SSSR count). The molecule has 3 fully saturated rings. The van der Waals surface area contributed by atoms with Gasteiger partial charge in [0, 0.05) is 0 Å². The molecule has 0 amide bonds. The molecule has 0 spiro atoms. The van der Waals surface area contributed by atoms with E-state index in [-0.39, 0.29) is 5.60 Å². The van der Waals surface area contributed by atoms with E-state index in [9.17, 15) is 5.11 Å². The van der Waals surface area contributed by atoms with Gasteiger partial charge < -0.3 is 5.11 Å². The second-order valence-electron chi connectivity index (χ2n) is 12.1. The zero-order chi connectivity index (χ0) is 22.3. The highest BCUT2D eigenvalue weighted by atomic mass is 16.3. The molecule has 0 aromatic carbocycles. The predicted octanol–water partition coefficient (Wildman–Crippen LogP) is 10.1. The monoisotopic (exact) mass is 446 g/mol. The number of hydrogen-bond donors (Lipinski definition) is 1. The third-order valence-electron chi connectivity index (χ3n) is 9.78. The Morgan fingerprint density at radius 2 is 0.438 bits per heavy atom. The van der Waals surface area contributed by atoms with E-state index in [1.165, 1.54) is 173 Å². The van der Waals surface area contributed by atoms with E-state index in [4.69, 9.17) is 0 Å². The van der Waals surface area contributed by atoms with Gasteiger partial charge in [0.1, 0.15) is 0 Å². The van der Waals surface area contributed by atoms with Crippen LogP contribution in [0.25, 0.3) is 0 Å². The fourth-order valence-electron chi connectivity index (χ4n) is 7.82. The van der Waals surface area contributed by atoms with E-state index in [0.717, 1.165) is 0 Å². The minimum Gasteiger partial charge on any atom is -0.389 e. The van der Waals surface area contributed by atoms with Crippen molar-refractivity contribution in [2.75, 3.05) is 0 Å². The first-order chi connectivity index (χ1) is 15.8. The van der Waals surface area contributed by atoms with Crippen LogP contribution in [0.5, 0.6) is 0 Å². The molecule has 1 nitrogen and oxygen atoms in total. The average Bonchev–Trinajstić information content (AvgIpc) is 2.83. The van der Waals surface area contributed by atoms with Crippen molar-refractivity contribution < 1.29 is 5.11 Å². The molecule has 0 aromatic rings. The minimum atomic E-state index is -0.377. The number of rotatable bonds is 3. The highest BCUT2D eigenvalue weighted by molar-refractivity contribution is 4.98. The highest BCUT2D eigenvalue weighted by Gasteiger charge is 2.47. The van der Waals surface area contributed by atoms with Crippen molar-refractivity contribution in [1.82, 2.24) is 0 Å². The lowest BCUT2D eigenvalue weighted by Crippen LogP contribution is -2.52. The first kappa shape index (κ1) is 26.6. The molecule has 0 aromatic heterocycles. The fourth-order valence-corrected chi connectivity index (χ4v) is 7.82. The van der Waals surface area contributed by atoms with Gasteiger partial charge in [0.05, 0.1) is 5.60 Å². The summed E-state index contributed by atoms with van der Waals surface area (Å²) in [6.45, 7) is 0. The van der Waals surface area contributed by atoms with Crippen molar-refractivity contribution in [3.8, 4) is 0 Å². The Morgan fingerprint density at radius 1 is 0.281 bits per heavy atom. The largest absolute Gasteiger partial charge is 0.389 e. The maximum atomic E-state index is 13.0. The SMILES string of the molecule is OC(C1CCCCCCCCC1)(C1CCCCCCCCC1)C1CCCCCCCCC1. The second-order valence-corrected chi connectivity index (χ2v) is 12.1. The first-order valence-corrected chi connectivity index (χ1v) is 15.5. The zero-order valence-electron chi connectivity index (χ0n) is 21.8. The van der Waals surface area contributed by atoms with E-state index in [2.05, 4.69) is 0 Å². The molecular weight excluding hydrogens is 388 g/mol. The summed E-state index contributed by atoms with van der Waals surface area (Å²) < 4.78 is 0. The van der Waals surface area contributed by atoms with Gasteiger partial charge in [0.25, 0.3) is 0 Å². The van der Waals surface area contributed by atoms with Gasteiger partial charge in [-0.15, -0.1) is 0 Å². The normalized spacial score (nSPS) is 26.9. The van der Waals surface area contributed by atoms with Crippen LogP contribution < -0.4 is 0 Å². The molecule has 1 heteroatoms. The predicted molar refractivity (Wildman–Crippen MR) is 140 cm³/mol. The van der Waals surface area contributed by atoms with Gasteiger partial charge in [-0.2, -0.15) is 0 Å². The highest BCUT2D eigenvalue weighted by Crippen LogP contribution is 2.48. The molecule has 0 saturated heterocycles. The molecule has 0 bridgehead atoms. The van der Waals surface area contributed by atoms with E-state index < -0.39 is 0 Å². The minimum absolute atomic E-state index is 0.377. The Balaban J connectivity index is 1.83. The summed E-state index contributed by atoms with van der Waals surface area (Å²) in [5.41, 5.74) is -0.377. The van der Waals surface area contributed by atoms with Gasteiger partial charge >= 0.3 is 0 Å². The van der Waals surface area contributed by atoms with Crippen LogP contribution in [0, 0.1) is 17.8 Å². The van der Waals surface area contributed by atoms with Crippen LogP contribution in [0.3, 0.4) is 0 Å². The van der Waals surface area contributed by atoms with Crippen molar-refractivity contribution in [1.29, 1.82) is 0 Å². The molecular formula is C31H58O. The molecule has 188 valence electrons. The molecule has 0 heterocycles. The summed E-state index contributed by atoms with van der Waals surface area (Å²) in [4.78, 5) is 0. The third kappa shape index (κ3) is 8.63. The lowest BCUT2D eigenvalue weighted by atomic mass is 9.61. The molecule has 0 atom stereocenters. The van der Waals surface area contributed by atoms with Crippen LogP contribution in [0.15, 0.2) is 0 Å². The number of hydrogen-bond acceptors (Lipinski definition) is 1. The van der Waals surface area contributed by atoms with Crippen LogP contribution in [0.1, 0.15) is 173 Å². The lowest BCUT2D eigenvalue weighted by molar-refractivity contribution is -0.133. The van der Waals surface area contributed by atoms with Gasteiger partial charge in [0.2, 0.25) is 0 Å². The number of aliphatic hydroxyl groups is 1. The van der Waals surface area contributed by atoms with Crippen LogP contribution in [0.4, 0.5) is 0 Å². The van der Waals surface area contributed by atoms with Gasteiger partial charge in [-0.25, -0.2) is 0 Å². The smallest absolute Gasteiger partial charge is 0.0731 e. The maximum Gasteiger partial charge on any atom is 0.0731 e. The molecule has 3 saturated carbocycles. The summed E-state index contributed by atoms with van der Waals surface area (Å²) in [6, 6.07) is 0. The third-order valence-corrected chi connectivity index (χ3v) is 9.78. The Bertz CT molecular complexity index is 363. The Labute approximate surface area is 201 Å². The second kappa shape index (κ2) is 15.8. The maximum absolute atomic E-state index is 13.0. The summed E-state index contributed by atoms with van der Waals surface area (Å²) in [7, 11) is 0. The van der Waals surface area contributed by atoms with Gasteiger partial charge in [-0.3, -0.25) is 0 Å². The van der Waals surface area contributed by atoms with Gasteiger partial charge in [0.15, 0.2) is 0 Å². The Hall–Kier alpha value is -0.0400. The van der Waals surface area contributed by atoms with Gasteiger partial charge in [-0.05, 0) is 56.3 Å². The molecule has 0 unspecified atom stereocenters. The average molecular weight is 447 g/mol. The lowest BCUT2D eigenvalue weighted by Gasteiger charge is -2.49. The van der Waals surface area contributed by atoms with Crippen molar-refractivity contribution in [2.45, 2.75) is 179 Å². The summed E-state index contributed by atoms with van der Waals surface area (Å²) in [5, 5.41) is 13.0. The topological polar surface area (TPSA) is 20.2 Å². The van der Waals surface area contributed by atoms with E-state index >= 15 is 0 Å². The standard InChI is InChI=1S/C31H58O/c32-31(28-22-16-10-4-1-5-11-17-23-28,29-24-18-12-6-2-7-13-19-25-29)30-26-20-14-8-3-9-15-21-27-30/h28-30,32H,1-27H2. The molecule has 32 heavy (non-hydrogen) atoms. The van der Waals surface area contributed by atoms with E-state index in [1.54, 1.807) is 0 Å². The molecule has 0 radical (unpaired) electrons. The molecule has 3 aliphatic rings. The molecule has 0 aliphatic heterocycles. The van der Waals surface area contributed by atoms with Crippen LogP contribution in [-0.4, -0.2) is 10.7 Å². The summed E-state index contributed by atoms with van der Waals surface area (Å²) in [5.74, 6) is 1.71. The van der Waals surface area contributed by atoms with Crippen LogP contribution in [0.2, 0.25) is 0 Å². The van der Waals surface area contributed by atoms with Crippen LogP contribution in [-0.2, 0) is 0 Å². The van der Waals surface area contributed by atoms with Gasteiger partial charge in [-0.1, -0.05) is 135 Å². The van der Waals surface area contributed by atoms with Crippen molar-refractivity contribution >= 4 is 0 Å². The van der Waals surface area contributed by atoms with Crippen molar-refractivity contribution in [3.63, 3.8) is 0 Å². The summed E-state index contributed by atoms with van der Waals surface area (Å²) in [6.07, 6.45) is 37.4. The van der Waals surface area contributed by atoms with Crippen molar-refractivity contribution in [3.05, 3.63) is 0 Å². The Morgan fingerprint density at radius 3 is 0.625 bits per heavy atom. The first-order valence-electron chi connectivity index (χ1n) is 15.5. The van der Waals surface area contributed by atoms with Crippen molar-refractivity contribution in [2.24, 2.45) is 17.8 Å². The molecule has 3 aliphatic carbocycles. The van der Waals surface area contributed by atoms with E-state index in [0.29, 0.717) is 17.8 Å². The molecule has 1 N–H and O–H groups in total. The fraction of sp³-hybridized carbons (Fsp3) is 1.00. The van der Waals surface area contributed by atoms with E-state index in [1.807, 2.05) is 0 Å². The summed E-state index contributed by atoms with van der Waals surface area (Å²) >= 11 is 0. The Kier molecular flexibility index (Phi) is 13.1.